The number of benzene rings is 2. The molecule has 3 atom stereocenters. The van der Waals surface area contributed by atoms with E-state index in [4.69, 9.17) is 16.3 Å². The highest BCUT2D eigenvalue weighted by Crippen LogP contribution is 2.28. The van der Waals surface area contributed by atoms with Crippen molar-refractivity contribution >= 4 is 40.0 Å². The highest BCUT2D eigenvalue weighted by molar-refractivity contribution is 7.85. The molecule has 0 bridgehead atoms. The lowest BCUT2D eigenvalue weighted by atomic mass is 10.0. The van der Waals surface area contributed by atoms with Crippen molar-refractivity contribution in [2.45, 2.75) is 37.8 Å². The van der Waals surface area contributed by atoms with Gasteiger partial charge in [0.2, 0.25) is 0 Å². The molecule has 32 heavy (non-hydrogen) atoms. The first-order valence-electron chi connectivity index (χ1n) is 10.4. The van der Waals surface area contributed by atoms with Crippen LogP contribution in [0.5, 0.6) is 0 Å². The Labute approximate surface area is 194 Å². The molecule has 2 aromatic rings. The van der Waals surface area contributed by atoms with Crippen molar-refractivity contribution in [2.24, 2.45) is 0 Å². The molecule has 0 aliphatic carbocycles. The van der Waals surface area contributed by atoms with E-state index in [1.807, 2.05) is 38.1 Å². The Bertz CT molecular complexity index is 1030. The van der Waals surface area contributed by atoms with E-state index in [1.165, 1.54) is 12.1 Å². The third-order valence-corrected chi connectivity index (χ3v) is 7.20. The van der Waals surface area contributed by atoms with E-state index in [2.05, 4.69) is 4.90 Å². The molecule has 1 amide bonds. The van der Waals surface area contributed by atoms with E-state index in [1.54, 1.807) is 11.8 Å². The minimum absolute atomic E-state index is 0.0207. The van der Waals surface area contributed by atoms with Crippen LogP contribution in [0.15, 0.2) is 47.4 Å². The molecule has 0 N–H and O–H groups in total. The average molecular weight is 481 g/mol. The number of halogens is 2. The number of hydrogen-bond donors (Lipinski definition) is 0. The van der Waals surface area contributed by atoms with Crippen molar-refractivity contribution in [1.82, 2.24) is 4.90 Å². The largest absolute Gasteiger partial charge is 0.465 e. The predicted molar refractivity (Wildman–Crippen MR) is 123 cm³/mol. The minimum Gasteiger partial charge on any atom is -0.465 e. The fraction of sp³-hybridized carbons (Fsp3) is 0.391. The maximum absolute atomic E-state index is 14.6. The second-order valence-electron chi connectivity index (χ2n) is 7.59. The quantitative estimate of drug-likeness (QED) is 0.587. The molecule has 6 nitrogen and oxygen atoms in total. The van der Waals surface area contributed by atoms with E-state index in [0.29, 0.717) is 18.1 Å². The summed E-state index contributed by atoms with van der Waals surface area (Å²) in [5.41, 5.74) is 1.16. The van der Waals surface area contributed by atoms with Gasteiger partial charge < -0.3 is 14.5 Å². The van der Waals surface area contributed by atoms with Gasteiger partial charge in [-0.25, -0.2) is 4.39 Å². The van der Waals surface area contributed by atoms with Crippen molar-refractivity contribution in [3.63, 3.8) is 0 Å². The van der Waals surface area contributed by atoms with Gasteiger partial charge in [0.25, 0.3) is 5.91 Å². The number of ether oxygens (including phenoxy) is 1. The number of hydrogen-bond acceptors (Lipinski definition) is 5. The van der Waals surface area contributed by atoms with Crippen LogP contribution in [-0.4, -0.2) is 58.5 Å². The van der Waals surface area contributed by atoms with Gasteiger partial charge in [0, 0.05) is 41.4 Å². The SMILES string of the molecule is CCOC(=O)CS(=O)c1ccc(C(=O)N2CCN(c3cccc(Cl)c3)[C@H](C)[C@H]2C)cc1F. The predicted octanol–water partition coefficient (Wildman–Crippen LogP) is 3.89. The number of nitrogens with zero attached hydrogens (tertiary/aromatic N) is 2. The van der Waals surface area contributed by atoms with Gasteiger partial charge >= 0.3 is 5.97 Å². The summed E-state index contributed by atoms with van der Waals surface area (Å²) in [7, 11) is -1.89. The van der Waals surface area contributed by atoms with Gasteiger partial charge in [-0.1, -0.05) is 17.7 Å². The van der Waals surface area contributed by atoms with Gasteiger partial charge in [0.1, 0.15) is 11.6 Å². The second-order valence-corrected chi connectivity index (χ2v) is 9.45. The Balaban J connectivity index is 1.73. The van der Waals surface area contributed by atoms with E-state index < -0.39 is 28.3 Å². The number of carbonyl (C=O) groups is 2. The van der Waals surface area contributed by atoms with Gasteiger partial charge in [0.05, 0.1) is 22.3 Å². The third-order valence-electron chi connectivity index (χ3n) is 5.64. The molecule has 0 aromatic heterocycles. The van der Waals surface area contributed by atoms with Crippen LogP contribution in [0.4, 0.5) is 10.1 Å². The Morgan fingerprint density at radius 1 is 1.16 bits per heavy atom. The number of piperazine rings is 1. The summed E-state index contributed by atoms with van der Waals surface area (Å²) in [6.45, 7) is 6.87. The van der Waals surface area contributed by atoms with Crippen LogP contribution >= 0.6 is 11.6 Å². The first kappa shape index (κ1) is 24.2. The van der Waals surface area contributed by atoms with Gasteiger partial charge in [-0.2, -0.15) is 0 Å². The normalized spacial score (nSPS) is 19.5. The van der Waals surface area contributed by atoms with E-state index in [0.717, 1.165) is 11.8 Å². The fourth-order valence-corrected chi connectivity index (χ4v) is 4.95. The molecule has 1 saturated heterocycles. The average Bonchev–Trinajstić information content (AvgIpc) is 2.75. The topological polar surface area (TPSA) is 66.9 Å². The molecule has 0 spiro atoms. The zero-order chi connectivity index (χ0) is 23.4. The number of anilines is 1. The Kier molecular flexibility index (Phi) is 7.90. The van der Waals surface area contributed by atoms with Crippen LogP contribution in [0.1, 0.15) is 31.1 Å². The molecule has 1 unspecified atom stereocenters. The molecule has 1 fully saturated rings. The van der Waals surface area contributed by atoms with Gasteiger partial charge in [0.15, 0.2) is 0 Å². The Hall–Kier alpha value is -2.45. The molecular formula is C23H26ClFN2O4S. The van der Waals surface area contributed by atoms with E-state index >= 15 is 0 Å². The summed E-state index contributed by atoms with van der Waals surface area (Å²) in [5.74, 6) is -2.17. The standard InChI is InChI=1S/C23H26ClFN2O4S/c1-4-31-22(28)14-32(30)21-9-8-17(12-20(21)25)23(29)27-11-10-26(15(2)16(27)3)19-7-5-6-18(24)13-19/h5-9,12-13,15-16H,4,10-11,14H2,1-3H3/t15-,16-,32?/m1/s1. The molecule has 172 valence electrons. The van der Waals surface area contributed by atoms with Crippen LogP contribution in [0, 0.1) is 5.82 Å². The number of amides is 1. The van der Waals surface area contributed by atoms with Crippen LogP contribution in [-0.2, 0) is 20.3 Å². The summed E-state index contributed by atoms with van der Waals surface area (Å²) in [4.78, 5) is 28.4. The van der Waals surface area contributed by atoms with Crippen molar-refractivity contribution in [1.29, 1.82) is 0 Å². The molecule has 3 rings (SSSR count). The molecule has 1 heterocycles. The van der Waals surface area contributed by atoms with Gasteiger partial charge in [-0.3, -0.25) is 13.8 Å². The lowest BCUT2D eigenvalue weighted by molar-refractivity contribution is -0.139. The third kappa shape index (κ3) is 5.30. The number of carbonyl (C=O) groups excluding carboxylic acids is 2. The summed E-state index contributed by atoms with van der Waals surface area (Å²) in [6.07, 6.45) is 0. The zero-order valence-electron chi connectivity index (χ0n) is 18.2. The van der Waals surface area contributed by atoms with E-state index in [9.17, 15) is 18.2 Å². The zero-order valence-corrected chi connectivity index (χ0v) is 19.8. The highest BCUT2D eigenvalue weighted by atomic mass is 35.5. The maximum atomic E-state index is 14.6. The summed E-state index contributed by atoms with van der Waals surface area (Å²) >= 11 is 6.13. The van der Waals surface area contributed by atoms with Gasteiger partial charge in [-0.15, -0.1) is 0 Å². The van der Waals surface area contributed by atoms with Crippen LogP contribution < -0.4 is 4.90 Å². The monoisotopic (exact) mass is 480 g/mol. The van der Waals surface area contributed by atoms with Crippen molar-refractivity contribution in [3.05, 3.63) is 58.9 Å². The molecule has 1 aliphatic rings. The summed E-state index contributed by atoms with van der Waals surface area (Å²) in [5, 5.41) is 0.650. The number of esters is 1. The molecular weight excluding hydrogens is 455 g/mol. The van der Waals surface area contributed by atoms with Crippen LogP contribution in [0.2, 0.25) is 5.02 Å². The maximum Gasteiger partial charge on any atom is 0.318 e. The Morgan fingerprint density at radius 3 is 2.56 bits per heavy atom. The minimum atomic E-state index is -1.89. The lowest BCUT2D eigenvalue weighted by Gasteiger charge is -2.46. The van der Waals surface area contributed by atoms with Crippen molar-refractivity contribution in [3.8, 4) is 0 Å². The smallest absolute Gasteiger partial charge is 0.318 e. The van der Waals surface area contributed by atoms with Crippen molar-refractivity contribution < 1.29 is 22.9 Å². The van der Waals surface area contributed by atoms with Crippen molar-refractivity contribution in [2.75, 3.05) is 30.3 Å². The van der Waals surface area contributed by atoms with Crippen LogP contribution in [0.3, 0.4) is 0 Å². The van der Waals surface area contributed by atoms with Gasteiger partial charge in [-0.05, 0) is 57.2 Å². The first-order chi connectivity index (χ1) is 15.2. The summed E-state index contributed by atoms with van der Waals surface area (Å²) < 4.78 is 31.7. The molecule has 0 saturated carbocycles. The number of rotatable bonds is 6. The summed E-state index contributed by atoms with van der Waals surface area (Å²) in [6, 6.07) is 11.3. The fourth-order valence-electron chi connectivity index (χ4n) is 3.82. The van der Waals surface area contributed by atoms with Crippen LogP contribution in [0.25, 0.3) is 0 Å². The first-order valence-corrected chi connectivity index (χ1v) is 12.1. The second kappa shape index (κ2) is 10.4. The molecule has 9 heteroatoms. The molecule has 0 radical (unpaired) electrons. The van der Waals surface area contributed by atoms with E-state index in [-0.39, 0.29) is 35.1 Å². The molecule has 2 aromatic carbocycles. The molecule has 1 aliphatic heterocycles. The lowest BCUT2D eigenvalue weighted by Crippen LogP contribution is -2.59. The highest BCUT2D eigenvalue weighted by Gasteiger charge is 2.34. The Morgan fingerprint density at radius 2 is 1.91 bits per heavy atom.